The predicted octanol–water partition coefficient (Wildman–Crippen LogP) is 1.46. The van der Waals surface area contributed by atoms with Crippen LogP contribution in [0.1, 0.15) is 6.42 Å². The molecule has 1 aromatic rings. The average molecular weight is 264 g/mol. The number of carbonyl (C=O) groups is 1. The van der Waals surface area contributed by atoms with Crippen LogP contribution in [0.4, 0.5) is 5.69 Å². The number of hydrogen-bond donors (Lipinski definition) is 1. The van der Waals surface area contributed by atoms with Crippen molar-refractivity contribution in [3.8, 4) is 5.75 Å². The van der Waals surface area contributed by atoms with Gasteiger partial charge in [-0.3, -0.25) is 10.1 Å². The van der Waals surface area contributed by atoms with Gasteiger partial charge >= 0.3 is 0 Å². The van der Waals surface area contributed by atoms with Gasteiger partial charge in [-0.05, 0) is 18.6 Å². The molecule has 1 atom stereocenters. The lowest BCUT2D eigenvalue weighted by molar-refractivity contribution is -0.119. The number of hydrogen-bond acceptors (Lipinski definition) is 4. The van der Waals surface area contributed by atoms with Crippen molar-refractivity contribution in [2.75, 3.05) is 29.7 Å². The van der Waals surface area contributed by atoms with Gasteiger partial charge < -0.3 is 9.64 Å². The first-order valence-electron chi connectivity index (χ1n) is 6.20. The van der Waals surface area contributed by atoms with Crippen LogP contribution < -0.4 is 15.0 Å². The van der Waals surface area contributed by atoms with Crippen molar-refractivity contribution in [2.24, 2.45) is 0 Å². The summed E-state index contributed by atoms with van der Waals surface area (Å²) >= 11 is 1.77. The number of amides is 1. The molecule has 1 unspecified atom stereocenters. The van der Waals surface area contributed by atoms with E-state index in [0.29, 0.717) is 6.61 Å². The quantitative estimate of drug-likeness (QED) is 0.834. The van der Waals surface area contributed by atoms with E-state index in [-0.39, 0.29) is 11.9 Å². The normalized spacial score (nSPS) is 23.1. The maximum Gasteiger partial charge on any atom is 0.245 e. The van der Waals surface area contributed by atoms with Gasteiger partial charge in [0.05, 0.1) is 18.3 Å². The van der Waals surface area contributed by atoms with Gasteiger partial charge in [-0.25, -0.2) is 0 Å². The van der Waals surface area contributed by atoms with E-state index < -0.39 is 0 Å². The van der Waals surface area contributed by atoms with Gasteiger partial charge in [-0.2, -0.15) is 0 Å². The second kappa shape index (κ2) is 5.20. The standard InChI is InChI=1S/C13H16N2O2S/c16-13(10-8-18-9-14-10)15-6-3-7-17-12-5-2-1-4-11(12)15/h1-2,4-5,10,14H,3,6-9H2. The highest BCUT2D eigenvalue weighted by atomic mass is 32.2. The van der Waals surface area contributed by atoms with E-state index in [4.69, 9.17) is 4.74 Å². The van der Waals surface area contributed by atoms with Crippen LogP contribution in [0.3, 0.4) is 0 Å². The van der Waals surface area contributed by atoms with Crippen LogP contribution in [-0.2, 0) is 4.79 Å². The fourth-order valence-corrected chi connectivity index (χ4v) is 3.23. The van der Waals surface area contributed by atoms with Crippen molar-refractivity contribution in [1.82, 2.24) is 5.32 Å². The molecule has 4 nitrogen and oxygen atoms in total. The van der Waals surface area contributed by atoms with Crippen LogP contribution >= 0.6 is 11.8 Å². The zero-order valence-corrected chi connectivity index (χ0v) is 10.9. The molecule has 1 fully saturated rings. The molecule has 0 aromatic heterocycles. The second-order valence-corrected chi connectivity index (χ2v) is 5.46. The molecule has 5 heteroatoms. The Morgan fingerprint density at radius 3 is 3.17 bits per heavy atom. The lowest BCUT2D eigenvalue weighted by Crippen LogP contribution is -2.45. The average Bonchev–Trinajstić information content (AvgIpc) is 2.85. The lowest BCUT2D eigenvalue weighted by atomic mass is 10.2. The van der Waals surface area contributed by atoms with Gasteiger partial charge in [0, 0.05) is 18.2 Å². The summed E-state index contributed by atoms with van der Waals surface area (Å²) in [6, 6.07) is 7.72. The molecule has 96 valence electrons. The van der Waals surface area contributed by atoms with E-state index in [1.807, 2.05) is 29.2 Å². The minimum absolute atomic E-state index is 0.0545. The molecule has 0 saturated carbocycles. The maximum absolute atomic E-state index is 12.5. The number of nitrogens with zero attached hydrogens (tertiary/aromatic N) is 1. The monoisotopic (exact) mass is 264 g/mol. The van der Waals surface area contributed by atoms with Crippen LogP contribution in [0.5, 0.6) is 5.75 Å². The summed E-state index contributed by atoms with van der Waals surface area (Å²) in [6.07, 6.45) is 0.875. The number of para-hydroxylation sites is 2. The Labute approximate surface area is 111 Å². The number of thioether (sulfide) groups is 1. The molecule has 0 bridgehead atoms. The van der Waals surface area contributed by atoms with Crippen LogP contribution in [0.25, 0.3) is 0 Å². The van der Waals surface area contributed by atoms with Crippen molar-refractivity contribution in [3.63, 3.8) is 0 Å². The third kappa shape index (κ3) is 2.20. The van der Waals surface area contributed by atoms with Crippen LogP contribution in [0.15, 0.2) is 24.3 Å². The summed E-state index contributed by atoms with van der Waals surface area (Å²) in [6.45, 7) is 1.41. The Balaban J connectivity index is 1.88. The molecule has 2 heterocycles. The first kappa shape index (κ1) is 11.9. The minimum atomic E-state index is -0.0545. The van der Waals surface area contributed by atoms with E-state index in [2.05, 4.69) is 5.32 Å². The predicted molar refractivity (Wildman–Crippen MR) is 73.2 cm³/mol. The van der Waals surface area contributed by atoms with E-state index in [1.165, 1.54) is 0 Å². The summed E-state index contributed by atoms with van der Waals surface area (Å²) in [4.78, 5) is 14.4. The molecule has 3 rings (SSSR count). The van der Waals surface area contributed by atoms with Gasteiger partial charge in [-0.1, -0.05) is 12.1 Å². The Morgan fingerprint density at radius 2 is 2.33 bits per heavy atom. The highest BCUT2D eigenvalue weighted by Crippen LogP contribution is 2.31. The summed E-state index contributed by atoms with van der Waals surface area (Å²) < 4.78 is 5.67. The molecular formula is C13H16N2O2S. The van der Waals surface area contributed by atoms with Crippen molar-refractivity contribution in [1.29, 1.82) is 0 Å². The Kier molecular flexibility index (Phi) is 3.43. The minimum Gasteiger partial charge on any atom is -0.491 e. The molecule has 0 radical (unpaired) electrons. The van der Waals surface area contributed by atoms with Gasteiger partial charge in [0.25, 0.3) is 0 Å². The summed E-state index contributed by atoms with van der Waals surface area (Å²) in [7, 11) is 0. The third-order valence-electron chi connectivity index (χ3n) is 3.22. The third-order valence-corrected chi connectivity index (χ3v) is 4.16. The molecule has 2 aliphatic rings. The number of nitrogens with one attached hydrogen (secondary N) is 1. The van der Waals surface area contributed by atoms with Gasteiger partial charge in [0.1, 0.15) is 5.75 Å². The fraction of sp³-hybridized carbons (Fsp3) is 0.462. The lowest BCUT2D eigenvalue weighted by Gasteiger charge is -2.24. The summed E-state index contributed by atoms with van der Waals surface area (Å²) in [5.41, 5.74) is 0.902. The number of fused-ring (bicyclic) bond motifs is 1. The first-order chi connectivity index (χ1) is 8.86. The van der Waals surface area contributed by atoms with Crippen molar-refractivity contribution in [2.45, 2.75) is 12.5 Å². The van der Waals surface area contributed by atoms with Gasteiger partial charge in [-0.15, -0.1) is 11.8 Å². The number of benzene rings is 1. The molecule has 1 N–H and O–H groups in total. The number of carbonyl (C=O) groups excluding carboxylic acids is 1. The van der Waals surface area contributed by atoms with Crippen LogP contribution in [-0.4, -0.2) is 36.7 Å². The van der Waals surface area contributed by atoms with E-state index in [1.54, 1.807) is 11.8 Å². The molecule has 0 spiro atoms. The maximum atomic E-state index is 12.5. The Hall–Kier alpha value is -1.20. The largest absolute Gasteiger partial charge is 0.491 e. The summed E-state index contributed by atoms with van der Waals surface area (Å²) in [5.74, 6) is 2.70. The Bertz CT molecular complexity index is 446. The van der Waals surface area contributed by atoms with Gasteiger partial charge in [0.2, 0.25) is 5.91 Å². The molecule has 1 amide bonds. The number of anilines is 1. The molecular weight excluding hydrogens is 248 g/mol. The topological polar surface area (TPSA) is 41.6 Å². The van der Waals surface area contributed by atoms with E-state index >= 15 is 0 Å². The van der Waals surface area contributed by atoms with Crippen LogP contribution in [0, 0.1) is 0 Å². The second-order valence-electron chi connectivity index (χ2n) is 4.43. The molecule has 18 heavy (non-hydrogen) atoms. The van der Waals surface area contributed by atoms with Crippen molar-refractivity contribution < 1.29 is 9.53 Å². The van der Waals surface area contributed by atoms with Gasteiger partial charge in [0.15, 0.2) is 0 Å². The zero-order chi connectivity index (χ0) is 12.4. The molecule has 1 aromatic carbocycles. The van der Waals surface area contributed by atoms with E-state index in [9.17, 15) is 4.79 Å². The Morgan fingerprint density at radius 1 is 1.44 bits per heavy atom. The number of ether oxygens (including phenoxy) is 1. The first-order valence-corrected chi connectivity index (χ1v) is 7.36. The van der Waals surface area contributed by atoms with Crippen molar-refractivity contribution >= 4 is 23.4 Å². The van der Waals surface area contributed by atoms with E-state index in [0.717, 1.165) is 36.0 Å². The van der Waals surface area contributed by atoms with Crippen LogP contribution in [0.2, 0.25) is 0 Å². The number of rotatable bonds is 1. The molecule has 1 saturated heterocycles. The highest BCUT2D eigenvalue weighted by molar-refractivity contribution is 7.99. The summed E-state index contributed by atoms with van der Waals surface area (Å²) in [5, 5.41) is 3.24. The fourth-order valence-electron chi connectivity index (χ4n) is 2.30. The molecule has 0 aliphatic carbocycles. The SMILES string of the molecule is O=C(C1CSCN1)N1CCCOc2ccccc21. The molecule has 2 aliphatic heterocycles. The smallest absolute Gasteiger partial charge is 0.245 e. The zero-order valence-electron chi connectivity index (χ0n) is 10.1. The van der Waals surface area contributed by atoms with Crippen molar-refractivity contribution in [3.05, 3.63) is 24.3 Å². The highest BCUT2D eigenvalue weighted by Gasteiger charge is 2.30.